The number of nitrogen functional groups attached to an aromatic ring is 1. The number of nitrogens with zero attached hydrogens (tertiary/aromatic N) is 9. The molecule has 6 N–H and O–H groups in total. The molecular weight excluding hydrogens is 921 g/mol. The number of phenolic OH excluding ortho intramolecular Hbond substituents is 1. The van der Waals surface area contributed by atoms with Crippen molar-refractivity contribution in [3.63, 3.8) is 0 Å². The zero-order valence-electron chi connectivity index (χ0n) is 41.2. The van der Waals surface area contributed by atoms with Gasteiger partial charge in [0.15, 0.2) is 5.82 Å². The smallest absolute Gasteiger partial charge is 0.253 e. The van der Waals surface area contributed by atoms with Gasteiger partial charge in [0, 0.05) is 88.2 Å². The predicted molar refractivity (Wildman–Crippen MR) is 271 cm³/mol. The number of para-hydroxylation sites is 1. The van der Waals surface area contributed by atoms with Gasteiger partial charge in [-0.1, -0.05) is 45.0 Å². The number of nitrogens with two attached hydrogens (primary N) is 1. The molecule has 0 spiro atoms. The number of thiazole rings is 1. The molecule has 6 heterocycles. The van der Waals surface area contributed by atoms with Crippen LogP contribution in [-0.4, -0.2) is 133 Å². The number of aryl methyl sites for hydroxylation is 1. The Kier molecular flexibility index (Phi) is 14.0. The van der Waals surface area contributed by atoms with E-state index in [1.807, 2.05) is 76.5 Å². The number of aliphatic hydroxyl groups is 1. The molecule has 4 amide bonds. The number of nitrogens with one attached hydrogen (secondary N) is 2. The van der Waals surface area contributed by atoms with Gasteiger partial charge in [-0.15, -0.1) is 21.5 Å². The van der Waals surface area contributed by atoms with Crippen LogP contribution in [-0.2, 0) is 20.9 Å². The highest BCUT2D eigenvalue weighted by atomic mass is 32.1. The topological polar surface area (TPSA) is 236 Å². The fraction of sp³-hybridized carbons (Fsp3) is 0.481. The second kappa shape index (κ2) is 20.2. The van der Waals surface area contributed by atoms with Crippen LogP contribution in [0.15, 0.2) is 66.4 Å². The number of phenols is 1. The SMILES string of the molecule is Cc1ncsc1-c1ccc(CNC(=O)[C@@H]2C[C@@H](O)CN2C(=O)[C@@H](NC(=O)[C@H]2CC[C@H](c3cnc(N4C5CCC4CN(c4cc(-c6ccccc6O)nnc4N)C5)nc3)CC2)C(C)(C)C)c(C(=O)N(C)C)c1. The van der Waals surface area contributed by atoms with Crippen LogP contribution in [0.5, 0.6) is 5.75 Å². The first-order valence-electron chi connectivity index (χ1n) is 24.5. The maximum atomic E-state index is 14.5. The fourth-order valence-corrected chi connectivity index (χ4v) is 11.6. The molecule has 3 saturated heterocycles. The van der Waals surface area contributed by atoms with Crippen LogP contribution in [0.3, 0.4) is 0 Å². The number of likely N-dealkylation sites (tertiary alicyclic amines) is 1. The number of amides is 4. The Bertz CT molecular complexity index is 2780. The van der Waals surface area contributed by atoms with Gasteiger partial charge in [0.1, 0.15) is 17.8 Å². The number of carbonyl (C=O) groups is 4. The molecule has 19 heteroatoms. The van der Waals surface area contributed by atoms with Crippen molar-refractivity contribution in [3.8, 4) is 27.4 Å². The molecule has 374 valence electrons. The summed E-state index contributed by atoms with van der Waals surface area (Å²) in [6.45, 7) is 8.99. The van der Waals surface area contributed by atoms with E-state index in [0.29, 0.717) is 60.1 Å². The van der Waals surface area contributed by atoms with Crippen molar-refractivity contribution in [1.82, 2.24) is 45.6 Å². The van der Waals surface area contributed by atoms with Crippen LogP contribution < -0.4 is 26.2 Å². The van der Waals surface area contributed by atoms with E-state index in [1.54, 1.807) is 31.7 Å². The highest BCUT2D eigenvalue weighted by Gasteiger charge is 2.46. The summed E-state index contributed by atoms with van der Waals surface area (Å²) in [4.78, 5) is 78.3. The van der Waals surface area contributed by atoms with Crippen LogP contribution in [0, 0.1) is 18.3 Å². The maximum Gasteiger partial charge on any atom is 0.253 e. The summed E-state index contributed by atoms with van der Waals surface area (Å²) in [5.74, 6) is -0.224. The second-order valence-corrected chi connectivity index (χ2v) is 21.7. The number of aliphatic hydroxyl groups excluding tert-OH is 1. The molecule has 5 aromatic rings. The number of hydrogen-bond donors (Lipinski definition) is 5. The summed E-state index contributed by atoms with van der Waals surface area (Å²) in [6, 6.07) is 13.0. The predicted octanol–water partition coefficient (Wildman–Crippen LogP) is 5.30. The Hall–Kier alpha value is -6.73. The fourth-order valence-electron chi connectivity index (χ4n) is 10.8. The Morgan fingerprint density at radius 3 is 2.25 bits per heavy atom. The molecule has 2 bridgehead atoms. The zero-order valence-corrected chi connectivity index (χ0v) is 42.0. The number of piperazine rings is 1. The van der Waals surface area contributed by atoms with E-state index in [-0.39, 0.29) is 61.0 Å². The third-order valence-electron chi connectivity index (χ3n) is 14.7. The lowest BCUT2D eigenvalue weighted by Gasteiger charge is -2.42. The van der Waals surface area contributed by atoms with Crippen LogP contribution in [0.1, 0.15) is 98.8 Å². The zero-order chi connectivity index (χ0) is 50.3. The van der Waals surface area contributed by atoms with Crippen molar-refractivity contribution < 1.29 is 29.4 Å². The standard InChI is InChI=1S/C52H64N12O6S/c1-29-44(71-28-57-29)32-15-16-33(39(19-32)49(69)61(5)6)22-54-48(68)42-20-37(65)27-63(42)50(70)45(52(2,3)4)58-47(67)31-13-11-30(12-14-31)34-23-55-51(56-24-34)64-35-17-18-36(64)26-62(25-35)41-21-40(59-60-46(41)53)38-9-7-8-10-43(38)66/h7-10,15-16,19,21,23-24,28,30-31,35-37,42,45,65-66H,11-14,17-18,20,22,25-27H2,1-6H3,(H2,53,60)(H,54,68)(H,58,67)/t30-,31-,35?,36?,37-,42+,45-/m1/s1. The number of hydrogen-bond acceptors (Lipinski definition) is 15. The summed E-state index contributed by atoms with van der Waals surface area (Å²) >= 11 is 1.49. The van der Waals surface area contributed by atoms with Crippen molar-refractivity contribution in [2.24, 2.45) is 11.3 Å². The minimum absolute atomic E-state index is 0.0358. The van der Waals surface area contributed by atoms with Crippen LogP contribution in [0.4, 0.5) is 17.5 Å². The number of fused-ring (bicyclic) bond motifs is 2. The molecule has 71 heavy (non-hydrogen) atoms. The lowest BCUT2D eigenvalue weighted by Crippen LogP contribution is -2.58. The molecule has 2 unspecified atom stereocenters. The van der Waals surface area contributed by atoms with Gasteiger partial charge in [-0.05, 0) is 97.7 Å². The minimum atomic E-state index is -0.968. The number of carbonyl (C=O) groups excluding carboxylic acids is 4. The van der Waals surface area contributed by atoms with Gasteiger partial charge in [-0.2, -0.15) is 0 Å². The van der Waals surface area contributed by atoms with E-state index in [0.717, 1.165) is 53.1 Å². The summed E-state index contributed by atoms with van der Waals surface area (Å²) in [7, 11) is 3.35. The van der Waals surface area contributed by atoms with Crippen molar-refractivity contribution >= 4 is 52.4 Å². The van der Waals surface area contributed by atoms with Gasteiger partial charge in [-0.25, -0.2) is 15.0 Å². The summed E-state index contributed by atoms with van der Waals surface area (Å²) in [5, 5.41) is 35.8. The Labute approximate surface area is 418 Å². The molecule has 9 rings (SSSR count). The Morgan fingerprint density at radius 2 is 1.61 bits per heavy atom. The van der Waals surface area contributed by atoms with Gasteiger partial charge >= 0.3 is 0 Å². The van der Waals surface area contributed by atoms with Crippen molar-refractivity contribution in [2.75, 3.05) is 49.3 Å². The molecule has 18 nitrogen and oxygen atoms in total. The third-order valence-corrected chi connectivity index (χ3v) is 15.7. The van der Waals surface area contributed by atoms with E-state index in [4.69, 9.17) is 15.7 Å². The number of anilines is 3. The van der Waals surface area contributed by atoms with Crippen molar-refractivity contribution in [3.05, 3.63) is 88.8 Å². The summed E-state index contributed by atoms with van der Waals surface area (Å²) < 4.78 is 0. The lowest BCUT2D eigenvalue weighted by atomic mass is 9.78. The van der Waals surface area contributed by atoms with Gasteiger partial charge in [0.05, 0.1) is 33.6 Å². The second-order valence-electron chi connectivity index (χ2n) is 20.8. The molecule has 1 saturated carbocycles. The van der Waals surface area contributed by atoms with Crippen LogP contribution in [0.2, 0.25) is 0 Å². The number of benzene rings is 2. The van der Waals surface area contributed by atoms with Crippen LogP contribution >= 0.6 is 11.3 Å². The Morgan fingerprint density at radius 1 is 0.901 bits per heavy atom. The number of β-amino-alcohol motifs (C(OH)–C–C–N with tert-alkyl or cyclic N) is 1. The first-order valence-corrected chi connectivity index (χ1v) is 25.4. The average molecular weight is 985 g/mol. The van der Waals surface area contributed by atoms with E-state index >= 15 is 0 Å². The quantitative estimate of drug-likeness (QED) is 0.107. The maximum absolute atomic E-state index is 14.5. The highest BCUT2D eigenvalue weighted by Crippen LogP contribution is 2.40. The summed E-state index contributed by atoms with van der Waals surface area (Å²) in [5.41, 5.74) is 13.2. The monoisotopic (exact) mass is 984 g/mol. The Balaban J connectivity index is 0.798. The molecule has 5 atom stereocenters. The first kappa shape index (κ1) is 49.3. The molecule has 0 radical (unpaired) electrons. The molecule has 3 aliphatic heterocycles. The first-order chi connectivity index (χ1) is 33.9. The number of aromatic hydroxyl groups is 1. The molecule has 1 aliphatic carbocycles. The van der Waals surface area contributed by atoms with Gasteiger partial charge in [0.25, 0.3) is 5.91 Å². The summed E-state index contributed by atoms with van der Waals surface area (Å²) in [6.07, 6.45) is 7.75. The van der Waals surface area contributed by atoms with E-state index in [1.165, 1.54) is 21.1 Å². The average Bonchev–Trinajstić information content (AvgIpc) is 4.05. The van der Waals surface area contributed by atoms with E-state index in [2.05, 4.69) is 35.6 Å². The van der Waals surface area contributed by atoms with Gasteiger partial charge in [-0.3, -0.25) is 19.2 Å². The number of aromatic nitrogens is 5. The normalized spacial score (nSPS) is 22.5. The van der Waals surface area contributed by atoms with Crippen molar-refractivity contribution in [1.29, 1.82) is 0 Å². The van der Waals surface area contributed by atoms with Crippen molar-refractivity contribution in [2.45, 2.75) is 115 Å². The lowest BCUT2D eigenvalue weighted by molar-refractivity contribution is -0.144. The molecule has 3 aromatic heterocycles. The minimum Gasteiger partial charge on any atom is -0.507 e. The molecule has 4 fully saturated rings. The number of rotatable bonds is 12. The van der Waals surface area contributed by atoms with Crippen LogP contribution in [0.25, 0.3) is 21.7 Å². The largest absolute Gasteiger partial charge is 0.507 e. The third kappa shape index (κ3) is 10.2. The van der Waals surface area contributed by atoms with Gasteiger partial charge in [0.2, 0.25) is 23.7 Å². The molecular formula is C52H64N12O6S. The highest BCUT2D eigenvalue weighted by molar-refractivity contribution is 7.13. The molecule has 2 aromatic carbocycles. The van der Waals surface area contributed by atoms with E-state index in [9.17, 15) is 29.4 Å². The molecule has 4 aliphatic rings. The van der Waals surface area contributed by atoms with E-state index < -0.39 is 35.4 Å². The van der Waals surface area contributed by atoms with Gasteiger partial charge < -0.3 is 46.2 Å².